The number of oxazole rings is 1. The highest BCUT2D eigenvalue weighted by molar-refractivity contribution is 5.81. The molecule has 224 valence electrons. The number of benzene rings is 6. The quantitative estimate of drug-likeness (QED) is 0.172. The summed E-state index contributed by atoms with van der Waals surface area (Å²) >= 11 is 0. The zero-order valence-corrected chi connectivity index (χ0v) is 25.5. The van der Waals surface area contributed by atoms with Crippen molar-refractivity contribution in [3.05, 3.63) is 182 Å². The summed E-state index contributed by atoms with van der Waals surface area (Å²) in [5, 5.41) is 0. The molecular weight excluding hydrogens is 576 g/mol. The van der Waals surface area contributed by atoms with Gasteiger partial charge in [-0.05, 0) is 108 Å². The fraction of sp³-hybridized carbons (Fsp3) is 0. The Morgan fingerprint density at radius 1 is 0.362 bits per heavy atom. The van der Waals surface area contributed by atoms with Crippen molar-refractivity contribution in [2.24, 2.45) is 0 Å². The van der Waals surface area contributed by atoms with Gasteiger partial charge in [-0.1, -0.05) is 78.9 Å². The van der Waals surface area contributed by atoms with Gasteiger partial charge in [-0.2, -0.15) is 0 Å². The number of aromatic nitrogens is 2. The van der Waals surface area contributed by atoms with Crippen LogP contribution in [0.25, 0.3) is 33.8 Å². The summed E-state index contributed by atoms with van der Waals surface area (Å²) in [6.45, 7) is 0. The van der Waals surface area contributed by atoms with Crippen LogP contribution in [0.5, 0.6) is 0 Å². The van der Waals surface area contributed by atoms with Gasteiger partial charge in [0.15, 0.2) is 0 Å². The van der Waals surface area contributed by atoms with E-state index < -0.39 is 0 Å². The molecule has 5 nitrogen and oxygen atoms in total. The minimum absolute atomic E-state index is 0.539. The van der Waals surface area contributed by atoms with Crippen LogP contribution >= 0.6 is 0 Å². The summed E-state index contributed by atoms with van der Waals surface area (Å²) < 4.78 is 5.91. The van der Waals surface area contributed by atoms with Gasteiger partial charge in [-0.25, -0.2) is 9.97 Å². The first-order chi connectivity index (χ1) is 23.3. The summed E-state index contributed by atoms with van der Waals surface area (Å²) in [5.41, 5.74) is 11.0. The first-order valence-electron chi connectivity index (χ1n) is 15.6. The predicted octanol–water partition coefficient (Wildman–Crippen LogP) is 11.5. The lowest BCUT2D eigenvalue weighted by Crippen LogP contribution is -2.09. The van der Waals surface area contributed by atoms with Crippen LogP contribution in [0.1, 0.15) is 0 Å². The highest BCUT2D eigenvalue weighted by Gasteiger charge is 2.15. The van der Waals surface area contributed by atoms with Gasteiger partial charge in [-0.15, -0.1) is 0 Å². The largest absolute Gasteiger partial charge is 0.418 e. The lowest BCUT2D eigenvalue weighted by Gasteiger charge is -2.26. The minimum Gasteiger partial charge on any atom is -0.418 e. The molecule has 6 aromatic carbocycles. The third-order valence-electron chi connectivity index (χ3n) is 8.17. The fourth-order valence-corrected chi connectivity index (χ4v) is 5.88. The van der Waals surface area contributed by atoms with Crippen LogP contribution in [-0.2, 0) is 0 Å². The number of pyridine rings is 1. The van der Waals surface area contributed by atoms with Crippen LogP contribution in [0.4, 0.5) is 34.1 Å². The first kappa shape index (κ1) is 28.0. The number of anilines is 6. The van der Waals surface area contributed by atoms with E-state index in [2.05, 4.69) is 153 Å². The Morgan fingerprint density at radius 2 is 0.745 bits per heavy atom. The molecule has 47 heavy (non-hydrogen) atoms. The SMILES string of the molecule is c1ccc(N(c2ccccc2)c2ccc(-c3ccc(N(c4ccccc4)c4ccc(-c5nc6cccnc6o5)cc4)cc3)cc2)cc1. The average Bonchev–Trinajstić information content (AvgIpc) is 3.59. The van der Waals surface area contributed by atoms with Gasteiger partial charge in [0.1, 0.15) is 5.52 Å². The number of nitrogens with zero attached hydrogens (tertiary/aromatic N) is 4. The van der Waals surface area contributed by atoms with Crippen LogP contribution in [0.2, 0.25) is 0 Å². The Labute approximate surface area is 273 Å². The van der Waals surface area contributed by atoms with Crippen molar-refractivity contribution < 1.29 is 4.42 Å². The monoisotopic (exact) mass is 606 g/mol. The van der Waals surface area contributed by atoms with Gasteiger partial charge in [0.2, 0.25) is 11.6 Å². The van der Waals surface area contributed by atoms with Crippen molar-refractivity contribution in [1.29, 1.82) is 0 Å². The van der Waals surface area contributed by atoms with Crippen LogP contribution in [0, 0.1) is 0 Å². The van der Waals surface area contributed by atoms with E-state index in [9.17, 15) is 0 Å². The van der Waals surface area contributed by atoms with E-state index in [1.807, 2.05) is 42.5 Å². The summed E-state index contributed by atoms with van der Waals surface area (Å²) in [7, 11) is 0. The average molecular weight is 607 g/mol. The second-order valence-electron chi connectivity index (χ2n) is 11.2. The van der Waals surface area contributed by atoms with Gasteiger partial charge in [0, 0.05) is 45.9 Å². The maximum absolute atomic E-state index is 5.91. The molecule has 0 spiro atoms. The third-order valence-corrected chi connectivity index (χ3v) is 8.17. The number of hydrogen-bond donors (Lipinski definition) is 0. The Hall–Kier alpha value is -6.46. The molecule has 0 fully saturated rings. The topological polar surface area (TPSA) is 45.4 Å². The second kappa shape index (κ2) is 12.5. The molecule has 0 aliphatic heterocycles. The number of fused-ring (bicyclic) bond motifs is 1. The van der Waals surface area contributed by atoms with Crippen molar-refractivity contribution in [3.63, 3.8) is 0 Å². The zero-order valence-electron chi connectivity index (χ0n) is 25.5. The number of para-hydroxylation sites is 3. The normalized spacial score (nSPS) is 11.0. The van der Waals surface area contributed by atoms with E-state index >= 15 is 0 Å². The zero-order chi connectivity index (χ0) is 31.4. The van der Waals surface area contributed by atoms with Crippen LogP contribution in [0.3, 0.4) is 0 Å². The van der Waals surface area contributed by atoms with E-state index in [1.165, 1.54) is 0 Å². The Morgan fingerprint density at radius 3 is 1.15 bits per heavy atom. The van der Waals surface area contributed by atoms with Gasteiger partial charge in [0.25, 0.3) is 0 Å². The molecule has 0 N–H and O–H groups in total. The standard InChI is InChI=1S/C42H30N4O/c1-4-11-34(12-5-1)45(35-13-6-2-7-14-35)37-24-18-31(19-25-37)32-20-26-38(27-21-32)46(36-15-8-3-9-16-36)39-28-22-33(23-29-39)41-44-40-17-10-30-43-42(40)47-41/h1-30H. The van der Waals surface area contributed by atoms with E-state index in [-0.39, 0.29) is 0 Å². The molecular formula is C42H30N4O. The summed E-state index contributed by atoms with van der Waals surface area (Å²) in [6.07, 6.45) is 1.71. The van der Waals surface area contributed by atoms with Crippen molar-refractivity contribution in [3.8, 4) is 22.6 Å². The Kier molecular flexibility index (Phi) is 7.46. The van der Waals surface area contributed by atoms with Crippen LogP contribution < -0.4 is 9.80 Å². The van der Waals surface area contributed by atoms with Crippen molar-refractivity contribution in [1.82, 2.24) is 9.97 Å². The lowest BCUT2D eigenvalue weighted by molar-refractivity contribution is 0.608. The molecule has 8 rings (SSSR count). The van der Waals surface area contributed by atoms with E-state index in [0.717, 1.165) is 56.3 Å². The number of hydrogen-bond acceptors (Lipinski definition) is 5. The molecule has 0 amide bonds. The van der Waals surface area contributed by atoms with E-state index in [0.29, 0.717) is 11.6 Å². The highest BCUT2D eigenvalue weighted by atomic mass is 16.4. The molecule has 2 heterocycles. The summed E-state index contributed by atoms with van der Waals surface area (Å²) in [5.74, 6) is 0.558. The van der Waals surface area contributed by atoms with Gasteiger partial charge >= 0.3 is 0 Å². The fourth-order valence-electron chi connectivity index (χ4n) is 5.88. The van der Waals surface area contributed by atoms with Crippen molar-refractivity contribution in [2.45, 2.75) is 0 Å². The predicted molar refractivity (Wildman–Crippen MR) is 192 cm³/mol. The van der Waals surface area contributed by atoms with E-state index in [1.54, 1.807) is 6.20 Å². The molecule has 0 saturated carbocycles. The molecule has 0 radical (unpaired) electrons. The minimum atomic E-state index is 0.539. The molecule has 0 saturated heterocycles. The van der Waals surface area contributed by atoms with Gasteiger partial charge < -0.3 is 14.2 Å². The van der Waals surface area contributed by atoms with Gasteiger partial charge in [0.05, 0.1) is 0 Å². The molecule has 5 heteroatoms. The van der Waals surface area contributed by atoms with Crippen LogP contribution in [0.15, 0.2) is 187 Å². The maximum atomic E-state index is 5.91. The van der Waals surface area contributed by atoms with Gasteiger partial charge in [-0.3, -0.25) is 0 Å². The molecule has 0 aliphatic rings. The molecule has 8 aromatic rings. The third kappa shape index (κ3) is 5.74. The highest BCUT2D eigenvalue weighted by Crippen LogP contribution is 2.38. The Bertz CT molecular complexity index is 2140. The summed E-state index contributed by atoms with van der Waals surface area (Å²) in [4.78, 5) is 13.4. The maximum Gasteiger partial charge on any atom is 0.247 e. The van der Waals surface area contributed by atoms with Crippen molar-refractivity contribution in [2.75, 3.05) is 9.80 Å². The lowest BCUT2D eigenvalue weighted by atomic mass is 10.0. The second-order valence-corrected chi connectivity index (χ2v) is 11.2. The Balaban J connectivity index is 1.08. The number of rotatable bonds is 8. The molecule has 0 aliphatic carbocycles. The smallest absolute Gasteiger partial charge is 0.247 e. The summed E-state index contributed by atoms with van der Waals surface area (Å²) in [6, 6.07) is 60.9. The molecule has 2 aromatic heterocycles. The molecule has 0 unspecified atom stereocenters. The van der Waals surface area contributed by atoms with Crippen molar-refractivity contribution >= 4 is 45.4 Å². The van der Waals surface area contributed by atoms with Crippen LogP contribution in [-0.4, -0.2) is 9.97 Å². The van der Waals surface area contributed by atoms with E-state index in [4.69, 9.17) is 4.42 Å². The molecule has 0 atom stereocenters. The molecule has 0 bridgehead atoms. The first-order valence-corrected chi connectivity index (χ1v) is 15.6.